The summed E-state index contributed by atoms with van der Waals surface area (Å²) in [7, 11) is 0. The van der Waals surface area contributed by atoms with E-state index in [1.807, 2.05) is 0 Å². The molecule has 0 unspecified atom stereocenters. The van der Waals surface area contributed by atoms with Crippen LogP contribution >= 0.6 is 11.6 Å². The molecule has 1 atom stereocenters. The van der Waals surface area contributed by atoms with Gasteiger partial charge in [0.15, 0.2) is 0 Å². The van der Waals surface area contributed by atoms with Crippen LogP contribution in [0.3, 0.4) is 0 Å². The predicted octanol–water partition coefficient (Wildman–Crippen LogP) is 1.86. The van der Waals surface area contributed by atoms with E-state index < -0.39 is 29.3 Å². The molecule has 8 heteroatoms. The summed E-state index contributed by atoms with van der Waals surface area (Å²) >= 11 is 5.79. The topological polar surface area (TPSA) is 112 Å². The van der Waals surface area contributed by atoms with E-state index in [1.165, 1.54) is 24.3 Å². The summed E-state index contributed by atoms with van der Waals surface area (Å²) in [6.45, 7) is 0. The number of carbonyl (C=O) groups excluding carboxylic acids is 2. The number of amides is 1. The summed E-state index contributed by atoms with van der Waals surface area (Å²) in [6.07, 6.45) is -0.416. The predicted molar refractivity (Wildman–Crippen MR) is 84.4 cm³/mol. The Kier molecular flexibility index (Phi) is 5.49. The quantitative estimate of drug-likeness (QED) is 0.633. The highest BCUT2D eigenvalue weighted by Crippen LogP contribution is 2.20. The molecular weight excluding hydrogens is 336 g/mol. The number of hydrogen-bond donors (Lipinski definition) is 1. The number of carbonyl (C=O) groups is 2. The highest BCUT2D eigenvalue weighted by atomic mass is 35.5. The lowest BCUT2D eigenvalue weighted by Crippen LogP contribution is -2.34. The second-order valence-corrected chi connectivity index (χ2v) is 5.39. The monoisotopic (exact) mass is 347 g/mol. The van der Waals surface area contributed by atoms with Gasteiger partial charge in [0.2, 0.25) is 0 Å². The number of halogens is 1. The van der Waals surface area contributed by atoms with Crippen molar-refractivity contribution in [3.8, 4) is 0 Å². The third-order valence-electron chi connectivity index (χ3n) is 3.29. The number of nitro groups is 1. The zero-order valence-corrected chi connectivity index (χ0v) is 13.0. The number of nitro benzene ring substituents is 1. The summed E-state index contributed by atoms with van der Waals surface area (Å²) in [5.74, 6) is -1.87. The summed E-state index contributed by atoms with van der Waals surface area (Å²) in [5.41, 5.74) is 0.590. The van der Waals surface area contributed by atoms with Crippen LogP contribution in [0, 0.1) is 10.1 Å². The average molecular weight is 348 g/mol. The van der Waals surface area contributed by atoms with E-state index in [1.54, 1.807) is 24.3 Å². The number of benzene rings is 2. The number of nitrogens with one attached hydrogen (secondary N) is 1. The minimum Gasteiger partial charge on any atom is -0.550 e. The first-order valence-electron chi connectivity index (χ1n) is 6.87. The summed E-state index contributed by atoms with van der Waals surface area (Å²) in [4.78, 5) is 33.2. The lowest BCUT2D eigenvalue weighted by Gasteiger charge is -2.20. The van der Waals surface area contributed by atoms with Crippen LogP contribution in [0.25, 0.3) is 0 Å². The molecule has 1 amide bonds. The Balaban J connectivity index is 2.18. The number of hydrogen-bond acceptors (Lipinski definition) is 5. The molecule has 0 bridgehead atoms. The van der Waals surface area contributed by atoms with Crippen molar-refractivity contribution >= 4 is 29.2 Å². The number of carboxylic acids is 1. The molecule has 2 aromatic carbocycles. The fourth-order valence-electron chi connectivity index (χ4n) is 2.09. The number of non-ortho nitro benzene ring substituents is 1. The first-order chi connectivity index (χ1) is 11.4. The van der Waals surface area contributed by atoms with Gasteiger partial charge in [0.25, 0.3) is 11.6 Å². The third kappa shape index (κ3) is 4.53. The fourth-order valence-corrected chi connectivity index (χ4v) is 2.22. The number of aliphatic carboxylic acids is 1. The van der Waals surface area contributed by atoms with Gasteiger partial charge in [-0.2, -0.15) is 0 Å². The van der Waals surface area contributed by atoms with Crippen LogP contribution in [0.15, 0.2) is 48.5 Å². The third-order valence-corrected chi connectivity index (χ3v) is 3.54. The molecule has 24 heavy (non-hydrogen) atoms. The summed E-state index contributed by atoms with van der Waals surface area (Å²) in [5, 5.41) is 24.6. The van der Waals surface area contributed by atoms with E-state index in [0.717, 1.165) is 0 Å². The van der Waals surface area contributed by atoms with Gasteiger partial charge >= 0.3 is 0 Å². The SMILES string of the molecule is O=C([O-])C[C@H](NC(=O)c1ccc([N+](=O)[O-])cc1)c1ccc(Cl)cc1. The number of nitrogens with zero attached hydrogens (tertiary/aromatic N) is 1. The molecule has 0 aliphatic rings. The molecule has 0 radical (unpaired) electrons. The number of carboxylic acid groups (broad SMARTS) is 1. The standard InChI is InChI=1S/C16H13ClN2O5/c17-12-5-1-10(2-6-12)14(9-15(20)21)18-16(22)11-3-7-13(8-4-11)19(23)24/h1-8,14H,9H2,(H,18,22)(H,20,21)/p-1/t14-/m0/s1. The molecule has 2 aromatic rings. The van der Waals surface area contributed by atoms with Gasteiger partial charge in [-0.25, -0.2) is 0 Å². The molecular formula is C16H12ClN2O5-. The Morgan fingerprint density at radius 3 is 2.17 bits per heavy atom. The minimum absolute atomic E-state index is 0.143. The zero-order valence-electron chi connectivity index (χ0n) is 12.3. The largest absolute Gasteiger partial charge is 0.550 e. The zero-order chi connectivity index (χ0) is 17.7. The molecule has 0 saturated carbocycles. The van der Waals surface area contributed by atoms with Gasteiger partial charge in [0, 0.05) is 35.1 Å². The average Bonchev–Trinajstić information content (AvgIpc) is 2.54. The molecule has 0 aliphatic carbocycles. The van der Waals surface area contributed by atoms with Crippen LogP contribution in [-0.4, -0.2) is 16.8 Å². The Labute approximate surface area is 142 Å². The van der Waals surface area contributed by atoms with Gasteiger partial charge in [0.05, 0.1) is 11.0 Å². The maximum atomic E-state index is 12.2. The smallest absolute Gasteiger partial charge is 0.269 e. The van der Waals surface area contributed by atoms with Crippen molar-refractivity contribution in [3.63, 3.8) is 0 Å². The van der Waals surface area contributed by atoms with Crippen LogP contribution in [0.4, 0.5) is 5.69 Å². The fraction of sp³-hybridized carbons (Fsp3) is 0.125. The number of rotatable bonds is 6. The van der Waals surface area contributed by atoms with Crippen LogP contribution in [0.2, 0.25) is 5.02 Å². The molecule has 0 saturated heterocycles. The highest BCUT2D eigenvalue weighted by Gasteiger charge is 2.17. The van der Waals surface area contributed by atoms with Crippen molar-refractivity contribution in [3.05, 3.63) is 74.8 Å². The molecule has 2 rings (SSSR count). The van der Waals surface area contributed by atoms with Crippen molar-refractivity contribution in [2.24, 2.45) is 0 Å². The molecule has 0 fully saturated rings. The lowest BCUT2D eigenvalue weighted by atomic mass is 10.0. The Morgan fingerprint density at radius 1 is 1.08 bits per heavy atom. The van der Waals surface area contributed by atoms with Crippen molar-refractivity contribution in [2.45, 2.75) is 12.5 Å². The van der Waals surface area contributed by atoms with E-state index in [2.05, 4.69) is 5.32 Å². The Morgan fingerprint density at radius 2 is 1.67 bits per heavy atom. The van der Waals surface area contributed by atoms with Gasteiger partial charge in [0.1, 0.15) is 0 Å². The maximum absolute atomic E-state index is 12.2. The van der Waals surface area contributed by atoms with E-state index in [0.29, 0.717) is 10.6 Å². The molecule has 0 aromatic heterocycles. The molecule has 1 N–H and O–H groups in total. The van der Waals surface area contributed by atoms with Gasteiger partial charge in [-0.1, -0.05) is 23.7 Å². The molecule has 0 aliphatic heterocycles. The van der Waals surface area contributed by atoms with Crippen molar-refractivity contribution < 1.29 is 19.6 Å². The van der Waals surface area contributed by atoms with Crippen LogP contribution < -0.4 is 10.4 Å². The van der Waals surface area contributed by atoms with E-state index in [-0.39, 0.29) is 11.3 Å². The van der Waals surface area contributed by atoms with E-state index in [4.69, 9.17) is 11.6 Å². The van der Waals surface area contributed by atoms with Gasteiger partial charge in [-0.05, 0) is 29.8 Å². The second kappa shape index (κ2) is 7.56. The normalized spacial score (nSPS) is 11.5. The lowest BCUT2D eigenvalue weighted by molar-refractivity contribution is -0.384. The maximum Gasteiger partial charge on any atom is 0.269 e. The van der Waals surface area contributed by atoms with Gasteiger partial charge in [-0.15, -0.1) is 0 Å². The van der Waals surface area contributed by atoms with Crippen LogP contribution in [0.1, 0.15) is 28.4 Å². The summed E-state index contributed by atoms with van der Waals surface area (Å²) in [6, 6.07) is 10.6. The van der Waals surface area contributed by atoms with Crippen molar-refractivity contribution in [1.82, 2.24) is 5.32 Å². The first kappa shape index (κ1) is 17.4. The minimum atomic E-state index is -1.32. The van der Waals surface area contributed by atoms with Crippen molar-refractivity contribution in [2.75, 3.05) is 0 Å². The summed E-state index contributed by atoms with van der Waals surface area (Å²) < 4.78 is 0. The van der Waals surface area contributed by atoms with Gasteiger partial charge in [-0.3, -0.25) is 14.9 Å². The highest BCUT2D eigenvalue weighted by molar-refractivity contribution is 6.30. The Hall–Kier alpha value is -2.93. The molecule has 0 heterocycles. The van der Waals surface area contributed by atoms with E-state index in [9.17, 15) is 24.8 Å². The van der Waals surface area contributed by atoms with Crippen LogP contribution in [0.5, 0.6) is 0 Å². The van der Waals surface area contributed by atoms with Crippen molar-refractivity contribution in [1.29, 1.82) is 0 Å². The van der Waals surface area contributed by atoms with Gasteiger partial charge < -0.3 is 15.2 Å². The molecule has 0 spiro atoms. The van der Waals surface area contributed by atoms with Crippen LogP contribution in [-0.2, 0) is 4.79 Å². The Bertz CT molecular complexity index is 759. The van der Waals surface area contributed by atoms with E-state index >= 15 is 0 Å². The second-order valence-electron chi connectivity index (χ2n) is 4.96. The molecule has 124 valence electrons. The first-order valence-corrected chi connectivity index (χ1v) is 7.25. The molecule has 7 nitrogen and oxygen atoms in total.